The Hall–Kier alpha value is -0.280. The molecule has 140 valence electrons. The molecular formula is C11H19Cl2N3O8. The van der Waals surface area contributed by atoms with Gasteiger partial charge in [0.25, 0.3) is 0 Å². The maximum Gasteiger partial charge on any atom is 0.104 e. The monoisotopic (exact) mass is 391 g/mol. The van der Waals surface area contributed by atoms with E-state index in [4.69, 9.17) is 37.3 Å². The Morgan fingerprint density at radius 2 is 1.12 bits per heavy atom. The van der Waals surface area contributed by atoms with Gasteiger partial charge in [0.2, 0.25) is 0 Å². The maximum absolute atomic E-state index is 8.60. The first kappa shape index (κ1) is 20.0. The second kappa shape index (κ2) is 7.53. The zero-order valence-corrected chi connectivity index (χ0v) is 14.2. The van der Waals surface area contributed by atoms with Crippen molar-refractivity contribution in [2.75, 3.05) is 39.3 Å². The zero-order valence-electron chi connectivity index (χ0n) is 12.7. The fraction of sp³-hybridized carbons (Fsp3) is 0.818. The van der Waals surface area contributed by atoms with Gasteiger partial charge in [-0.05, 0) is 18.4 Å². The van der Waals surface area contributed by atoms with Gasteiger partial charge in [-0.3, -0.25) is 9.80 Å². The number of rotatable bonds is 0. The van der Waals surface area contributed by atoms with Gasteiger partial charge in [0.15, 0.2) is 0 Å². The van der Waals surface area contributed by atoms with Gasteiger partial charge < -0.3 is 4.90 Å². The molecule has 0 aliphatic carbocycles. The third-order valence-electron chi connectivity index (χ3n) is 4.36. The van der Waals surface area contributed by atoms with Crippen molar-refractivity contribution in [2.24, 2.45) is 0 Å². The lowest BCUT2D eigenvalue weighted by molar-refractivity contribution is -1.92. The molecular weight excluding hydrogens is 373 g/mol. The van der Waals surface area contributed by atoms with Crippen LogP contribution in [-0.4, -0.2) is 69.5 Å². The van der Waals surface area contributed by atoms with Crippen molar-refractivity contribution >= 4 is 0 Å². The molecule has 4 heterocycles. The Labute approximate surface area is 142 Å². The summed E-state index contributed by atoms with van der Waals surface area (Å²) in [7, 11) is -9.39. The van der Waals surface area contributed by atoms with Crippen molar-refractivity contribution in [1.29, 1.82) is 0 Å². The lowest BCUT2D eigenvalue weighted by Gasteiger charge is -2.43. The molecule has 13 heteroatoms. The highest BCUT2D eigenvalue weighted by atomic mass is 35.7. The van der Waals surface area contributed by atoms with Crippen molar-refractivity contribution in [3.8, 4) is 0 Å². The molecule has 1 unspecified atom stereocenters. The number of halogens is 2. The van der Waals surface area contributed by atoms with Gasteiger partial charge in [-0.2, -0.15) is 28.0 Å². The van der Waals surface area contributed by atoms with E-state index in [9.17, 15) is 0 Å². The Balaban J connectivity index is 0.000000177. The van der Waals surface area contributed by atoms with Crippen molar-refractivity contribution in [3.05, 3.63) is 11.3 Å². The van der Waals surface area contributed by atoms with Crippen LogP contribution in [0.25, 0.3) is 0 Å². The standard InChI is InChI=1S/C11H17N3.2ClHO4/c1-3-12-5-6-14-8-7-13-4-2-9(1)10(12)11(13)14;2*2-1(3,4)5/h11H,1-8H2;2*(H,2,3,4,5). The average molecular weight is 392 g/mol. The Kier molecular flexibility index (Phi) is 6.29. The molecule has 2 fully saturated rings. The third kappa shape index (κ3) is 5.91. The van der Waals surface area contributed by atoms with Crippen LogP contribution < -0.4 is 28.0 Å². The quantitative estimate of drug-likeness (QED) is 0.398. The fourth-order valence-electron chi connectivity index (χ4n) is 3.65. The average Bonchev–Trinajstić information content (AvgIpc) is 2.95. The van der Waals surface area contributed by atoms with E-state index in [1.807, 2.05) is 0 Å². The molecule has 0 spiro atoms. The van der Waals surface area contributed by atoms with Crippen LogP contribution in [0.5, 0.6) is 0 Å². The summed E-state index contributed by atoms with van der Waals surface area (Å²) in [6.07, 6.45) is 3.39. The Bertz CT molecular complexity index is 457. The molecule has 24 heavy (non-hydrogen) atoms. The first-order valence-electron chi connectivity index (χ1n) is 7.15. The summed E-state index contributed by atoms with van der Waals surface area (Å²) < 4.78 is 65.4. The highest BCUT2D eigenvalue weighted by Gasteiger charge is 2.45. The van der Waals surface area contributed by atoms with E-state index >= 15 is 0 Å². The summed E-state index contributed by atoms with van der Waals surface area (Å²) in [5.41, 5.74) is 3.48. The third-order valence-corrected chi connectivity index (χ3v) is 4.36. The van der Waals surface area contributed by atoms with Crippen LogP contribution in [0.4, 0.5) is 0 Å². The molecule has 0 aromatic carbocycles. The highest BCUT2D eigenvalue weighted by Crippen LogP contribution is 2.39. The predicted molar refractivity (Wildman–Crippen MR) is 59.2 cm³/mol. The maximum atomic E-state index is 8.60. The topological polar surface area (TPSA) is 189 Å². The van der Waals surface area contributed by atoms with Crippen LogP contribution in [0.1, 0.15) is 12.8 Å². The smallest absolute Gasteiger partial charge is 0.104 e. The molecule has 1 atom stereocenters. The van der Waals surface area contributed by atoms with E-state index < -0.39 is 20.5 Å². The van der Waals surface area contributed by atoms with E-state index in [0.717, 1.165) is 0 Å². The number of hydrogen-bond donors (Lipinski definition) is 2. The highest BCUT2D eigenvalue weighted by molar-refractivity contribution is 5.29. The van der Waals surface area contributed by atoms with E-state index in [1.165, 1.54) is 52.1 Å². The van der Waals surface area contributed by atoms with E-state index in [0.29, 0.717) is 6.17 Å². The molecule has 0 aromatic heterocycles. The SMILES string of the molecule is C1CN2CCN3CCN4CCC1=C2C43.[O-][Cl+3]([O-])([O-])O.[O-][Cl+3]([O-])([O-])O. The van der Waals surface area contributed by atoms with Crippen LogP contribution in [0.3, 0.4) is 0 Å². The van der Waals surface area contributed by atoms with Gasteiger partial charge in [-0.15, -0.1) is 0 Å². The van der Waals surface area contributed by atoms with Gasteiger partial charge in [-0.1, -0.05) is 0 Å². The van der Waals surface area contributed by atoms with E-state index in [2.05, 4.69) is 14.7 Å². The molecule has 0 amide bonds. The van der Waals surface area contributed by atoms with Crippen molar-refractivity contribution < 1.29 is 57.8 Å². The van der Waals surface area contributed by atoms with Crippen LogP contribution in [0.2, 0.25) is 0 Å². The molecule has 4 aliphatic rings. The molecule has 11 nitrogen and oxygen atoms in total. The molecule has 0 saturated carbocycles. The largest absolute Gasteiger partial charge is 0.371 e. The molecule has 4 aliphatic heterocycles. The second-order valence-corrected chi connectivity index (χ2v) is 7.30. The summed E-state index contributed by atoms with van der Waals surface area (Å²) in [5, 5.41) is 0. The van der Waals surface area contributed by atoms with Gasteiger partial charge in [0, 0.05) is 45.0 Å². The lowest BCUT2D eigenvalue weighted by Crippen LogP contribution is -2.58. The van der Waals surface area contributed by atoms with Crippen LogP contribution in [0, 0.1) is 20.5 Å². The van der Waals surface area contributed by atoms with Crippen LogP contribution in [-0.2, 0) is 0 Å². The molecule has 4 rings (SSSR count). The van der Waals surface area contributed by atoms with E-state index in [-0.39, 0.29) is 0 Å². The van der Waals surface area contributed by atoms with Crippen LogP contribution >= 0.6 is 0 Å². The van der Waals surface area contributed by atoms with Crippen molar-refractivity contribution in [1.82, 2.24) is 14.7 Å². The fourth-order valence-corrected chi connectivity index (χ4v) is 3.65. The molecule has 2 saturated heterocycles. The second-order valence-electron chi connectivity index (χ2n) is 5.71. The van der Waals surface area contributed by atoms with Gasteiger partial charge >= 0.3 is 0 Å². The van der Waals surface area contributed by atoms with E-state index in [1.54, 1.807) is 11.3 Å². The van der Waals surface area contributed by atoms with Gasteiger partial charge in [-0.25, -0.2) is 0 Å². The minimum atomic E-state index is -4.69. The van der Waals surface area contributed by atoms with Gasteiger partial charge in [0.05, 0.1) is 29.8 Å². The lowest BCUT2D eigenvalue weighted by atomic mass is 10.0. The summed E-state index contributed by atoms with van der Waals surface area (Å²) in [5.74, 6) is 0. The normalized spacial score (nSPS) is 26.5. The van der Waals surface area contributed by atoms with Gasteiger partial charge in [0.1, 0.15) is 6.17 Å². The number of piperazine rings is 1. The summed E-state index contributed by atoms with van der Waals surface area (Å²) in [4.78, 5) is 8.00. The summed E-state index contributed by atoms with van der Waals surface area (Å²) in [6.45, 7) is 7.79. The minimum absolute atomic E-state index is 0.690. The van der Waals surface area contributed by atoms with Crippen LogP contribution in [0.15, 0.2) is 11.3 Å². The molecule has 0 bridgehead atoms. The first-order chi connectivity index (χ1) is 10.9. The zero-order chi connectivity index (χ0) is 18.1. The number of hydrogen-bond acceptors (Lipinski definition) is 11. The number of nitrogens with zero attached hydrogens (tertiary/aromatic N) is 3. The molecule has 0 radical (unpaired) electrons. The molecule has 0 aromatic rings. The first-order valence-corrected chi connectivity index (χ1v) is 9.67. The molecule has 2 N–H and O–H groups in total. The predicted octanol–water partition coefficient (Wildman–Crippen LogP) is -7.94. The Morgan fingerprint density at radius 3 is 1.67 bits per heavy atom. The minimum Gasteiger partial charge on any atom is -0.371 e. The Morgan fingerprint density at radius 1 is 0.708 bits per heavy atom. The van der Waals surface area contributed by atoms with Crippen molar-refractivity contribution in [3.63, 3.8) is 0 Å². The summed E-state index contributed by atoms with van der Waals surface area (Å²) in [6, 6.07) is 0. The summed E-state index contributed by atoms with van der Waals surface area (Å²) >= 11 is 0. The van der Waals surface area contributed by atoms with Crippen molar-refractivity contribution in [2.45, 2.75) is 19.0 Å².